The van der Waals surface area contributed by atoms with Crippen LogP contribution < -0.4 is 5.73 Å². The van der Waals surface area contributed by atoms with Crippen LogP contribution in [0.4, 0.5) is 5.82 Å². The van der Waals surface area contributed by atoms with Gasteiger partial charge in [-0.3, -0.25) is 4.68 Å². The van der Waals surface area contributed by atoms with Crippen LogP contribution in [0.3, 0.4) is 0 Å². The molecule has 16 heavy (non-hydrogen) atoms. The third-order valence-electron chi connectivity index (χ3n) is 1.77. The third-order valence-corrected chi connectivity index (χ3v) is 4.78. The highest BCUT2D eigenvalue weighted by molar-refractivity contribution is 8.02. The summed E-state index contributed by atoms with van der Waals surface area (Å²) in [6.45, 7) is 0.829. The van der Waals surface area contributed by atoms with Crippen LogP contribution in [-0.4, -0.2) is 32.0 Å². The SMILES string of the molecule is CSc1nnc(SCCn2ccc(N)n2)s1. The molecule has 2 rings (SSSR count). The third kappa shape index (κ3) is 3.13. The second kappa shape index (κ2) is 5.55. The molecule has 2 heterocycles. The molecule has 0 aliphatic carbocycles. The molecule has 0 amide bonds. The number of nitrogen functional groups attached to an aromatic ring is 1. The Hall–Kier alpha value is -0.730. The first kappa shape index (κ1) is 11.7. The molecule has 0 unspecified atom stereocenters. The summed E-state index contributed by atoms with van der Waals surface area (Å²) >= 11 is 4.93. The molecule has 5 nitrogen and oxygen atoms in total. The Morgan fingerprint density at radius 2 is 2.25 bits per heavy atom. The molecule has 2 N–H and O–H groups in total. The predicted molar refractivity (Wildman–Crippen MR) is 69.1 cm³/mol. The number of nitrogens with zero attached hydrogens (tertiary/aromatic N) is 4. The van der Waals surface area contributed by atoms with Gasteiger partial charge in [-0.05, 0) is 12.3 Å². The lowest BCUT2D eigenvalue weighted by molar-refractivity contribution is 0.669. The number of rotatable bonds is 5. The number of hydrogen-bond donors (Lipinski definition) is 1. The lowest BCUT2D eigenvalue weighted by Gasteiger charge is -1.98. The Morgan fingerprint density at radius 3 is 2.88 bits per heavy atom. The van der Waals surface area contributed by atoms with E-state index in [2.05, 4.69) is 15.3 Å². The minimum absolute atomic E-state index is 0.561. The van der Waals surface area contributed by atoms with E-state index in [4.69, 9.17) is 5.73 Å². The molecule has 0 saturated heterocycles. The maximum Gasteiger partial charge on any atom is 0.175 e. The van der Waals surface area contributed by atoms with Gasteiger partial charge in [-0.25, -0.2) is 0 Å². The van der Waals surface area contributed by atoms with Gasteiger partial charge in [-0.15, -0.1) is 10.2 Å². The molecule has 0 saturated carbocycles. The van der Waals surface area contributed by atoms with Crippen LogP contribution in [0, 0.1) is 0 Å². The molecule has 2 aromatic rings. The molecule has 0 aliphatic heterocycles. The largest absolute Gasteiger partial charge is 0.382 e. The van der Waals surface area contributed by atoms with Crippen molar-refractivity contribution in [1.29, 1.82) is 0 Å². The van der Waals surface area contributed by atoms with Gasteiger partial charge in [-0.1, -0.05) is 34.9 Å². The summed E-state index contributed by atoms with van der Waals surface area (Å²) in [5.74, 6) is 1.48. The highest BCUT2D eigenvalue weighted by atomic mass is 32.2. The van der Waals surface area contributed by atoms with Gasteiger partial charge in [0.2, 0.25) is 0 Å². The van der Waals surface area contributed by atoms with Gasteiger partial charge < -0.3 is 5.73 Å². The van der Waals surface area contributed by atoms with Crippen LogP contribution >= 0.6 is 34.9 Å². The topological polar surface area (TPSA) is 69.6 Å². The van der Waals surface area contributed by atoms with Crippen molar-refractivity contribution in [3.05, 3.63) is 12.3 Å². The van der Waals surface area contributed by atoms with Crippen molar-refractivity contribution in [1.82, 2.24) is 20.0 Å². The molecule has 0 radical (unpaired) electrons. The lowest BCUT2D eigenvalue weighted by Crippen LogP contribution is -2.01. The fourth-order valence-electron chi connectivity index (χ4n) is 1.07. The van der Waals surface area contributed by atoms with Crippen LogP contribution in [0.15, 0.2) is 20.9 Å². The molecular formula is C8H11N5S3. The van der Waals surface area contributed by atoms with Crippen LogP contribution in [0.25, 0.3) is 0 Å². The first-order valence-electron chi connectivity index (χ1n) is 4.57. The second-order valence-electron chi connectivity index (χ2n) is 2.89. The van der Waals surface area contributed by atoms with Crippen molar-refractivity contribution in [3.8, 4) is 0 Å². The van der Waals surface area contributed by atoms with Crippen molar-refractivity contribution in [2.75, 3.05) is 17.7 Å². The standard InChI is InChI=1S/C8H11N5S3/c1-14-7-10-11-8(16-7)15-5-4-13-3-2-6(9)12-13/h2-3H,4-5H2,1H3,(H2,9,12). The molecule has 0 spiro atoms. The molecule has 8 heteroatoms. The average Bonchev–Trinajstić information content (AvgIpc) is 2.88. The molecule has 86 valence electrons. The summed E-state index contributed by atoms with van der Waals surface area (Å²) in [6, 6.07) is 1.79. The van der Waals surface area contributed by atoms with Crippen molar-refractivity contribution < 1.29 is 0 Å². The molecule has 0 atom stereocenters. The minimum atomic E-state index is 0.561. The van der Waals surface area contributed by atoms with Crippen LogP contribution in [0.1, 0.15) is 0 Å². The van der Waals surface area contributed by atoms with E-state index in [9.17, 15) is 0 Å². The van der Waals surface area contributed by atoms with Crippen LogP contribution in [0.5, 0.6) is 0 Å². The number of anilines is 1. The summed E-state index contributed by atoms with van der Waals surface area (Å²) in [6.07, 6.45) is 3.88. The van der Waals surface area contributed by atoms with Gasteiger partial charge in [0.25, 0.3) is 0 Å². The van der Waals surface area contributed by atoms with E-state index in [0.717, 1.165) is 21.0 Å². The number of hydrogen-bond acceptors (Lipinski definition) is 7. The van der Waals surface area contributed by atoms with Crippen LogP contribution in [0.2, 0.25) is 0 Å². The summed E-state index contributed by atoms with van der Waals surface area (Å²) in [5.41, 5.74) is 5.52. The minimum Gasteiger partial charge on any atom is -0.382 e. The molecule has 0 bridgehead atoms. The van der Waals surface area contributed by atoms with Crippen molar-refractivity contribution in [2.45, 2.75) is 15.2 Å². The zero-order valence-corrected chi connectivity index (χ0v) is 11.1. The Bertz CT molecular complexity index is 452. The van der Waals surface area contributed by atoms with Gasteiger partial charge in [0, 0.05) is 11.9 Å². The van der Waals surface area contributed by atoms with Gasteiger partial charge in [0.15, 0.2) is 8.68 Å². The second-order valence-corrected chi connectivity index (χ2v) is 6.26. The fraction of sp³-hybridized carbons (Fsp3) is 0.375. The summed E-state index contributed by atoms with van der Waals surface area (Å²) in [7, 11) is 0. The Balaban J connectivity index is 1.79. The fourth-order valence-corrected chi connectivity index (χ4v) is 3.50. The van der Waals surface area contributed by atoms with E-state index in [0.29, 0.717) is 5.82 Å². The lowest BCUT2D eigenvalue weighted by atomic mass is 10.7. The van der Waals surface area contributed by atoms with Gasteiger partial charge in [0.1, 0.15) is 5.82 Å². The first-order valence-corrected chi connectivity index (χ1v) is 7.60. The van der Waals surface area contributed by atoms with E-state index in [1.807, 2.05) is 17.1 Å². The summed E-state index contributed by atoms with van der Waals surface area (Å²) in [4.78, 5) is 0. The number of aromatic nitrogens is 4. The molecule has 0 fully saturated rings. The van der Waals surface area contributed by atoms with E-state index in [1.165, 1.54) is 0 Å². The smallest absolute Gasteiger partial charge is 0.175 e. The zero-order valence-electron chi connectivity index (χ0n) is 8.66. The van der Waals surface area contributed by atoms with E-state index < -0.39 is 0 Å². The van der Waals surface area contributed by atoms with E-state index in [1.54, 1.807) is 40.9 Å². The summed E-state index contributed by atoms with van der Waals surface area (Å²) < 4.78 is 3.84. The molecule has 0 aliphatic rings. The normalized spacial score (nSPS) is 10.8. The maximum absolute atomic E-state index is 5.52. The Kier molecular flexibility index (Phi) is 4.08. The average molecular weight is 273 g/mol. The quantitative estimate of drug-likeness (QED) is 0.838. The number of thioether (sulfide) groups is 2. The van der Waals surface area contributed by atoms with Crippen molar-refractivity contribution in [3.63, 3.8) is 0 Å². The first-order chi connectivity index (χ1) is 7.78. The van der Waals surface area contributed by atoms with E-state index >= 15 is 0 Å². The van der Waals surface area contributed by atoms with Gasteiger partial charge in [-0.2, -0.15) is 5.10 Å². The zero-order chi connectivity index (χ0) is 11.4. The number of nitrogens with two attached hydrogens (primary N) is 1. The van der Waals surface area contributed by atoms with Crippen LogP contribution in [-0.2, 0) is 6.54 Å². The van der Waals surface area contributed by atoms with Crippen molar-refractivity contribution >= 4 is 40.7 Å². The summed E-state index contributed by atoms with van der Waals surface area (Å²) in [5, 5.41) is 12.2. The van der Waals surface area contributed by atoms with Gasteiger partial charge in [0.05, 0.1) is 6.54 Å². The Labute approximate surface area is 106 Å². The number of aryl methyl sites for hydroxylation is 1. The van der Waals surface area contributed by atoms with E-state index in [-0.39, 0.29) is 0 Å². The Morgan fingerprint density at radius 1 is 1.44 bits per heavy atom. The van der Waals surface area contributed by atoms with Gasteiger partial charge >= 0.3 is 0 Å². The molecule has 0 aromatic carbocycles. The van der Waals surface area contributed by atoms with Crippen molar-refractivity contribution in [2.24, 2.45) is 0 Å². The highest BCUT2D eigenvalue weighted by Crippen LogP contribution is 2.27. The highest BCUT2D eigenvalue weighted by Gasteiger charge is 2.03. The molecule has 2 aromatic heterocycles. The maximum atomic E-state index is 5.52. The monoisotopic (exact) mass is 273 g/mol. The molecular weight excluding hydrogens is 262 g/mol. The predicted octanol–water partition coefficient (Wildman–Crippen LogP) is 1.83.